The smallest absolute Gasteiger partial charge is 0.154 e. The number of nitrogens with zero attached hydrogens (tertiary/aromatic N) is 1. The van der Waals surface area contributed by atoms with Crippen LogP contribution in [0.25, 0.3) is 0 Å². The van der Waals surface area contributed by atoms with Crippen LogP contribution in [-0.2, 0) is 0 Å². The van der Waals surface area contributed by atoms with Crippen LogP contribution in [0.3, 0.4) is 0 Å². The van der Waals surface area contributed by atoms with Gasteiger partial charge in [-0.3, -0.25) is 0 Å². The molecule has 0 bridgehead atoms. The van der Waals surface area contributed by atoms with E-state index in [4.69, 9.17) is 31.8 Å². The van der Waals surface area contributed by atoms with Gasteiger partial charge in [-0.15, -0.1) is 0 Å². The third kappa shape index (κ3) is 2.94. The van der Waals surface area contributed by atoms with E-state index in [0.29, 0.717) is 22.8 Å². The lowest BCUT2D eigenvalue weighted by Gasteiger charge is -2.15. The van der Waals surface area contributed by atoms with Gasteiger partial charge in [0, 0.05) is 12.0 Å². The van der Waals surface area contributed by atoms with E-state index in [0.717, 1.165) is 12.8 Å². The van der Waals surface area contributed by atoms with Crippen LogP contribution in [0.1, 0.15) is 24.8 Å². The van der Waals surface area contributed by atoms with Gasteiger partial charge in [0.25, 0.3) is 0 Å². The maximum absolute atomic E-state index is 9.09. The number of hydrogen-bond donors (Lipinski definition) is 2. The molecule has 18 heavy (non-hydrogen) atoms. The lowest BCUT2D eigenvalue weighted by Crippen LogP contribution is -2.19. The summed E-state index contributed by atoms with van der Waals surface area (Å²) in [5.74, 6) is 0.487. The largest absolute Gasteiger partial charge is 0.490 e. The molecule has 0 aromatic heterocycles. The third-order valence-corrected chi connectivity index (χ3v) is 3.52. The van der Waals surface area contributed by atoms with Crippen LogP contribution in [0, 0.1) is 17.2 Å². The fourth-order valence-corrected chi connectivity index (χ4v) is 2.42. The predicted molar refractivity (Wildman–Crippen MR) is 66.1 cm³/mol. The number of ether oxygens (including phenoxy) is 1. The molecule has 1 aliphatic rings. The molecule has 1 fully saturated rings. The van der Waals surface area contributed by atoms with E-state index in [-0.39, 0.29) is 12.0 Å². The summed E-state index contributed by atoms with van der Waals surface area (Å²) in [5.41, 5.74) is 0.416. The van der Waals surface area contributed by atoms with Gasteiger partial charge in [-0.05, 0) is 31.4 Å². The number of halogens is 1. The highest BCUT2D eigenvalue weighted by atomic mass is 35.5. The zero-order valence-electron chi connectivity index (χ0n) is 9.71. The van der Waals surface area contributed by atoms with Gasteiger partial charge in [-0.25, -0.2) is 0 Å². The second-order valence-corrected chi connectivity index (χ2v) is 4.89. The zero-order chi connectivity index (χ0) is 13.1. The Morgan fingerprint density at radius 2 is 2.17 bits per heavy atom. The van der Waals surface area contributed by atoms with Crippen LogP contribution in [0.2, 0.25) is 5.02 Å². The molecule has 0 amide bonds. The minimum Gasteiger partial charge on any atom is -0.490 e. The monoisotopic (exact) mass is 267 g/mol. The first-order chi connectivity index (χ1) is 8.60. The molecule has 0 unspecified atom stereocenters. The zero-order valence-corrected chi connectivity index (χ0v) is 10.5. The highest BCUT2D eigenvalue weighted by Gasteiger charge is 2.30. The van der Waals surface area contributed by atoms with E-state index in [9.17, 15) is 0 Å². The van der Waals surface area contributed by atoms with Gasteiger partial charge < -0.3 is 14.9 Å². The van der Waals surface area contributed by atoms with Gasteiger partial charge in [0.15, 0.2) is 6.29 Å². The van der Waals surface area contributed by atoms with E-state index in [1.807, 2.05) is 6.07 Å². The van der Waals surface area contributed by atoms with E-state index in [1.54, 1.807) is 18.2 Å². The number of benzene rings is 1. The molecule has 96 valence electrons. The molecule has 1 aromatic rings. The van der Waals surface area contributed by atoms with Crippen molar-refractivity contribution in [3.05, 3.63) is 28.8 Å². The molecule has 0 aliphatic heterocycles. The van der Waals surface area contributed by atoms with Crippen LogP contribution in [-0.4, -0.2) is 22.6 Å². The van der Waals surface area contributed by atoms with Crippen LogP contribution in [0.4, 0.5) is 0 Å². The first-order valence-electron chi connectivity index (χ1n) is 5.82. The van der Waals surface area contributed by atoms with Crippen LogP contribution < -0.4 is 4.74 Å². The first-order valence-corrected chi connectivity index (χ1v) is 6.20. The third-order valence-electron chi connectivity index (χ3n) is 3.21. The summed E-state index contributed by atoms with van der Waals surface area (Å²) in [5, 5.41) is 27.3. The van der Waals surface area contributed by atoms with Crippen molar-refractivity contribution in [3.8, 4) is 11.8 Å². The quantitative estimate of drug-likeness (QED) is 0.823. The number of nitriles is 1. The Morgan fingerprint density at radius 1 is 1.39 bits per heavy atom. The summed E-state index contributed by atoms with van der Waals surface area (Å²) in [6.45, 7) is 0. The van der Waals surface area contributed by atoms with Crippen molar-refractivity contribution in [2.24, 2.45) is 5.92 Å². The van der Waals surface area contributed by atoms with E-state index >= 15 is 0 Å². The molecule has 2 rings (SSSR count). The SMILES string of the molecule is N#Cc1ccc(O[C@H]2CC[C@@H](C(O)O)C2)cc1Cl. The summed E-state index contributed by atoms with van der Waals surface area (Å²) in [6, 6.07) is 6.92. The molecule has 0 radical (unpaired) electrons. The Morgan fingerprint density at radius 3 is 2.72 bits per heavy atom. The highest BCUT2D eigenvalue weighted by molar-refractivity contribution is 6.31. The Labute approximate surface area is 110 Å². The molecule has 2 atom stereocenters. The van der Waals surface area contributed by atoms with Crippen molar-refractivity contribution in [2.45, 2.75) is 31.7 Å². The molecule has 1 saturated carbocycles. The van der Waals surface area contributed by atoms with Crippen LogP contribution in [0.15, 0.2) is 18.2 Å². The Balaban J connectivity index is 1.99. The minimum absolute atomic E-state index is 0.0270. The van der Waals surface area contributed by atoms with E-state index in [1.165, 1.54) is 0 Å². The molecule has 0 spiro atoms. The van der Waals surface area contributed by atoms with Gasteiger partial charge in [0.2, 0.25) is 0 Å². The standard InChI is InChI=1S/C13H14ClNO3/c14-12-6-11(4-2-9(12)7-15)18-10-3-1-8(5-10)13(16)17/h2,4,6,8,10,13,16-17H,1,3,5H2/t8-,10+/m1/s1. The van der Waals surface area contributed by atoms with Gasteiger partial charge >= 0.3 is 0 Å². The maximum Gasteiger partial charge on any atom is 0.154 e. The van der Waals surface area contributed by atoms with E-state index in [2.05, 4.69) is 0 Å². The Hall–Kier alpha value is -1.28. The number of rotatable bonds is 3. The van der Waals surface area contributed by atoms with Crippen LogP contribution >= 0.6 is 11.6 Å². The molecule has 2 N–H and O–H groups in total. The van der Waals surface area contributed by atoms with Crippen LogP contribution in [0.5, 0.6) is 5.75 Å². The average Bonchev–Trinajstić information content (AvgIpc) is 2.78. The van der Waals surface area contributed by atoms with Crippen molar-refractivity contribution in [1.82, 2.24) is 0 Å². The van der Waals surface area contributed by atoms with Gasteiger partial charge in [0.05, 0.1) is 16.7 Å². The molecule has 0 saturated heterocycles. The molecule has 1 aliphatic carbocycles. The molecular weight excluding hydrogens is 254 g/mol. The number of aliphatic hydroxyl groups is 2. The van der Waals surface area contributed by atoms with Crippen molar-refractivity contribution in [2.75, 3.05) is 0 Å². The van der Waals surface area contributed by atoms with Gasteiger partial charge in [-0.2, -0.15) is 5.26 Å². The molecule has 0 heterocycles. The summed E-state index contributed by atoms with van der Waals surface area (Å²) >= 11 is 5.91. The van der Waals surface area contributed by atoms with Crippen molar-refractivity contribution in [3.63, 3.8) is 0 Å². The Kier molecular flexibility index (Phi) is 4.07. The summed E-state index contributed by atoms with van der Waals surface area (Å²) in [4.78, 5) is 0. The molecule has 4 nitrogen and oxygen atoms in total. The van der Waals surface area contributed by atoms with Gasteiger partial charge in [0.1, 0.15) is 11.8 Å². The lowest BCUT2D eigenvalue weighted by molar-refractivity contribution is -0.0834. The van der Waals surface area contributed by atoms with Crippen molar-refractivity contribution < 1.29 is 14.9 Å². The minimum atomic E-state index is -1.27. The average molecular weight is 268 g/mol. The molecule has 1 aromatic carbocycles. The molecular formula is C13H14ClNO3. The maximum atomic E-state index is 9.09. The number of aliphatic hydroxyl groups excluding tert-OH is 1. The van der Waals surface area contributed by atoms with E-state index < -0.39 is 6.29 Å². The normalized spacial score (nSPS) is 23.1. The number of hydrogen-bond acceptors (Lipinski definition) is 4. The summed E-state index contributed by atoms with van der Waals surface area (Å²) in [6.07, 6.45) is 0.852. The van der Waals surface area contributed by atoms with Gasteiger partial charge in [-0.1, -0.05) is 11.6 Å². The Bertz CT molecular complexity index is 470. The molecule has 5 heteroatoms. The fraction of sp³-hybridized carbons (Fsp3) is 0.462. The topological polar surface area (TPSA) is 73.5 Å². The summed E-state index contributed by atoms with van der Waals surface area (Å²) < 4.78 is 5.72. The predicted octanol–water partition coefficient (Wildman–Crippen LogP) is 2.07. The fourth-order valence-electron chi connectivity index (χ4n) is 2.20. The second-order valence-electron chi connectivity index (χ2n) is 4.48. The van der Waals surface area contributed by atoms with Crippen molar-refractivity contribution >= 4 is 11.6 Å². The first kappa shape index (κ1) is 13.2. The van der Waals surface area contributed by atoms with Crippen molar-refractivity contribution in [1.29, 1.82) is 5.26 Å². The second kappa shape index (κ2) is 5.57. The highest BCUT2D eigenvalue weighted by Crippen LogP contribution is 2.32. The summed E-state index contributed by atoms with van der Waals surface area (Å²) in [7, 11) is 0. The lowest BCUT2D eigenvalue weighted by atomic mass is 10.1.